The van der Waals surface area contributed by atoms with Crippen LogP contribution in [0.4, 0.5) is 5.82 Å². The number of rotatable bonds is 8. The summed E-state index contributed by atoms with van der Waals surface area (Å²) in [6.07, 6.45) is 0.0373. The third-order valence-electron chi connectivity index (χ3n) is 2.98. The zero-order chi connectivity index (χ0) is 19.3. The van der Waals surface area contributed by atoms with Crippen molar-refractivity contribution in [2.45, 2.75) is 11.0 Å². The molecular weight excluding hydrogens is 409 g/mol. The molecule has 12 heteroatoms. The van der Waals surface area contributed by atoms with Crippen molar-refractivity contribution >= 4 is 39.0 Å². The molecule has 1 heterocycles. The van der Waals surface area contributed by atoms with Gasteiger partial charge in [-0.05, 0) is 12.1 Å². The molecule has 0 saturated heterocycles. The summed E-state index contributed by atoms with van der Waals surface area (Å²) >= 11 is 11.8. The first kappa shape index (κ1) is 20.5. The first-order valence-corrected chi connectivity index (χ1v) is 9.32. The summed E-state index contributed by atoms with van der Waals surface area (Å²) in [6, 6.07) is 4.18. The van der Waals surface area contributed by atoms with E-state index in [-0.39, 0.29) is 39.1 Å². The summed E-state index contributed by atoms with van der Waals surface area (Å²) in [4.78, 5) is 7.59. The summed E-state index contributed by atoms with van der Waals surface area (Å²) in [5.41, 5.74) is 0. The van der Waals surface area contributed by atoms with Gasteiger partial charge in [0, 0.05) is 0 Å². The van der Waals surface area contributed by atoms with Gasteiger partial charge in [0.1, 0.15) is 17.6 Å². The predicted octanol–water partition coefficient (Wildman–Crippen LogP) is 1.32. The molecule has 1 aromatic carbocycles. The minimum Gasteiger partial charge on any atom is -0.478 e. The van der Waals surface area contributed by atoms with Crippen LogP contribution < -0.4 is 14.2 Å². The molecule has 142 valence electrons. The van der Waals surface area contributed by atoms with Crippen molar-refractivity contribution < 1.29 is 28.1 Å². The number of halogens is 2. The normalized spacial score (nSPS) is 12.5. The van der Waals surface area contributed by atoms with E-state index in [4.69, 9.17) is 37.8 Å². The van der Waals surface area contributed by atoms with Gasteiger partial charge in [0.25, 0.3) is 15.9 Å². The maximum absolute atomic E-state index is 12.5. The Morgan fingerprint density at radius 1 is 1.35 bits per heavy atom. The molecule has 0 spiro atoms. The molecule has 0 bridgehead atoms. The quantitative estimate of drug-likeness (QED) is 0.579. The number of benzene rings is 1. The summed E-state index contributed by atoms with van der Waals surface area (Å²) < 4.78 is 37.4. The van der Waals surface area contributed by atoms with Crippen LogP contribution in [0.5, 0.6) is 11.8 Å². The van der Waals surface area contributed by atoms with E-state index in [0.717, 1.165) is 6.20 Å². The van der Waals surface area contributed by atoms with Crippen molar-refractivity contribution in [3.05, 3.63) is 34.4 Å². The molecule has 1 unspecified atom stereocenters. The highest BCUT2D eigenvalue weighted by molar-refractivity contribution is 7.92. The molecule has 0 amide bonds. The molecule has 1 atom stereocenters. The van der Waals surface area contributed by atoms with Crippen LogP contribution in [0, 0.1) is 0 Å². The molecule has 9 nitrogen and oxygen atoms in total. The lowest BCUT2D eigenvalue weighted by molar-refractivity contribution is 0.0518. The van der Waals surface area contributed by atoms with Crippen molar-refractivity contribution in [1.29, 1.82) is 0 Å². The molecule has 2 rings (SSSR count). The summed E-state index contributed by atoms with van der Waals surface area (Å²) in [7, 11) is -2.84. The standard InChI is InChI=1S/C14H15Cl2N3O6S/c1-24-14-13(17-5-11(18-14)25-7-8(21)6-20)19-26(22,23)10-4-2-3-9(15)12(10)16/h2-5,8,20-21H,6-7H2,1H3,(H,17,19). The molecule has 0 fully saturated rings. The SMILES string of the molecule is COc1nc(OCC(O)CO)cnc1NS(=O)(=O)c1cccc(Cl)c1Cl. The fraction of sp³-hybridized carbons (Fsp3) is 0.286. The maximum atomic E-state index is 12.5. The van der Waals surface area contributed by atoms with E-state index in [1.807, 2.05) is 0 Å². The van der Waals surface area contributed by atoms with Gasteiger partial charge >= 0.3 is 0 Å². The molecule has 0 aliphatic heterocycles. The summed E-state index contributed by atoms with van der Waals surface area (Å²) in [6.45, 7) is -0.708. The molecular formula is C14H15Cl2N3O6S. The minimum atomic E-state index is -4.10. The Hall–Kier alpha value is -1.85. The van der Waals surface area contributed by atoms with Gasteiger partial charge in [-0.2, -0.15) is 4.98 Å². The number of aliphatic hydroxyl groups excluding tert-OH is 2. The second-order valence-electron chi connectivity index (χ2n) is 4.87. The summed E-state index contributed by atoms with van der Waals surface area (Å²) in [5, 5.41) is 18.0. The largest absolute Gasteiger partial charge is 0.478 e. The molecule has 0 saturated carbocycles. The third-order valence-corrected chi connectivity index (χ3v) is 5.30. The van der Waals surface area contributed by atoms with Gasteiger partial charge in [-0.1, -0.05) is 29.3 Å². The lowest BCUT2D eigenvalue weighted by atomic mass is 10.4. The third kappa shape index (κ3) is 4.86. The lowest BCUT2D eigenvalue weighted by Gasteiger charge is -2.13. The fourth-order valence-electron chi connectivity index (χ4n) is 1.75. The van der Waals surface area contributed by atoms with E-state index in [1.165, 1.54) is 25.3 Å². The topological polar surface area (TPSA) is 131 Å². The highest BCUT2D eigenvalue weighted by Gasteiger charge is 2.23. The smallest absolute Gasteiger partial charge is 0.264 e. The molecule has 0 aliphatic rings. The van der Waals surface area contributed by atoms with E-state index in [9.17, 15) is 13.5 Å². The van der Waals surface area contributed by atoms with Crippen LogP contribution in [0.15, 0.2) is 29.3 Å². The van der Waals surface area contributed by atoms with Gasteiger partial charge < -0.3 is 19.7 Å². The second-order valence-corrected chi connectivity index (χ2v) is 7.31. The van der Waals surface area contributed by atoms with Crippen LogP contribution in [0.2, 0.25) is 10.0 Å². The lowest BCUT2D eigenvalue weighted by Crippen LogP contribution is -2.22. The Bertz CT molecular complexity index is 881. The maximum Gasteiger partial charge on any atom is 0.264 e. The Balaban J connectivity index is 2.27. The van der Waals surface area contributed by atoms with Crippen LogP contribution in [0.3, 0.4) is 0 Å². The van der Waals surface area contributed by atoms with E-state index in [1.54, 1.807) is 0 Å². The van der Waals surface area contributed by atoms with E-state index in [0.29, 0.717) is 0 Å². The average Bonchev–Trinajstić information content (AvgIpc) is 2.62. The molecule has 1 aromatic heterocycles. The Morgan fingerprint density at radius 2 is 2.08 bits per heavy atom. The fourth-order valence-corrected chi connectivity index (χ4v) is 3.52. The van der Waals surface area contributed by atoms with Crippen molar-refractivity contribution in [2.24, 2.45) is 0 Å². The minimum absolute atomic E-state index is 0.0296. The number of aliphatic hydroxyl groups is 2. The number of nitrogens with zero attached hydrogens (tertiary/aromatic N) is 2. The number of ether oxygens (including phenoxy) is 2. The number of hydrogen-bond acceptors (Lipinski definition) is 8. The molecule has 0 aliphatic carbocycles. The van der Waals surface area contributed by atoms with E-state index < -0.39 is 22.7 Å². The predicted molar refractivity (Wildman–Crippen MR) is 94.4 cm³/mol. The van der Waals surface area contributed by atoms with Crippen molar-refractivity contribution in [2.75, 3.05) is 25.0 Å². The zero-order valence-electron chi connectivity index (χ0n) is 13.4. The number of sulfonamides is 1. The Labute approximate surface area is 159 Å². The van der Waals surface area contributed by atoms with Crippen LogP contribution in [0.1, 0.15) is 0 Å². The molecule has 2 aromatic rings. The van der Waals surface area contributed by atoms with Crippen molar-refractivity contribution in [3.63, 3.8) is 0 Å². The number of methoxy groups -OCH3 is 1. The van der Waals surface area contributed by atoms with Gasteiger partial charge in [-0.3, -0.25) is 4.72 Å². The van der Waals surface area contributed by atoms with E-state index >= 15 is 0 Å². The monoisotopic (exact) mass is 423 g/mol. The first-order valence-electron chi connectivity index (χ1n) is 7.08. The number of hydrogen-bond donors (Lipinski definition) is 3. The van der Waals surface area contributed by atoms with Crippen molar-refractivity contribution in [3.8, 4) is 11.8 Å². The van der Waals surface area contributed by atoms with Crippen LogP contribution in [-0.4, -0.2) is 55.0 Å². The number of anilines is 1. The number of nitrogens with one attached hydrogen (secondary N) is 1. The Kier molecular flexibility index (Phi) is 6.84. The van der Waals surface area contributed by atoms with E-state index in [2.05, 4.69) is 14.7 Å². The zero-order valence-corrected chi connectivity index (χ0v) is 15.7. The highest BCUT2D eigenvalue weighted by Crippen LogP contribution is 2.31. The van der Waals surface area contributed by atoms with Crippen molar-refractivity contribution in [1.82, 2.24) is 9.97 Å². The van der Waals surface area contributed by atoms with Gasteiger partial charge in [0.15, 0.2) is 0 Å². The highest BCUT2D eigenvalue weighted by atomic mass is 35.5. The first-order chi connectivity index (χ1) is 12.3. The second kappa shape index (κ2) is 8.69. The molecule has 26 heavy (non-hydrogen) atoms. The van der Waals surface area contributed by atoms with Gasteiger partial charge in [-0.15, -0.1) is 0 Å². The van der Waals surface area contributed by atoms with Gasteiger partial charge in [0.2, 0.25) is 11.7 Å². The molecule has 3 N–H and O–H groups in total. The Morgan fingerprint density at radius 3 is 2.73 bits per heavy atom. The van der Waals surface area contributed by atoms with Crippen LogP contribution in [-0.2, 0) is 10.0 Å². The summed E-state index contributed by atoms with van der Waals surface area (Å²) in [5.74, 6) is -0.389. The van der Waals surface area contributed by atoms with Crippen LogP contribution >= 0.6 is 23.2 Å². The number of aromatic nitrogens is 2. The molecule has 0 radical (unpaired) electrons. The average molecular weight is 424 g/mol. The van der Waals surface area contributed by atoms with Gasteiger partial charge in [-0.25, -0.2) is 13.4 Å². The van der Waals surface area contributed by atoms with Gasteiger partial charge in [0.05, 0.1) is 30.0 Å². The van der Waals surface area contributed by atoms with Crippen LogP contribution in [0.25, 0.3) is 0 Å².